The van der Waals surface area contributed by atoms with Gasteiger partial charge in [-0.2, -0.15) is 0 Å². The minimum atomic E-state index is -0.457. The normalized spacial score (nSPS) is 15.8. The van der Waals surface area contributed by atoms with Gasteiger partial charge in [-0.15, -0.1) is 0 Å². The third-order valence-electron chi connectivity index (χ3n) is 6.09. The number of pyridine rings is 2. The number of nitrogens with one attached hydrogen (secondary N) is 1. The summed E-state index contributed by atoms with van der Waals surface area (Å²) in [7, 11) is 1.66. The number of hydrogen-bond donors (Lipinski definition) is 2. The Labute approximate surface area is 193 Å². The van der Waals surface area contributed by atoms with Gasteiger partial charge in [-0.1, -0.05) is 13.8 Å². The van der Waals surface area contributed by atoms with Gasteiger partial charge in [0.15, 0.2) is 0 Å². The van der Waals surface area contributed by atoms with E-state index in [-0.39, 0.29) is 5.91 Å². The Bertz CT molecular complexity index is 1090. The number of hydrogen-bond acceptors (Lipinski definition) is 7. The molecule has 0 unspecified atom stereocenters. The summed E-state index contributed by atoms with van der Waals surface area (Å²) in [5, 5.41) is 2.73. The molecule has 0 aliphatic carbocycles. The van der Waals surface area contributed by atoms with Crippen LogP contribution in [-0.2, 0) is 4.79 Å². The summed E-state index contributed by atoms with van der Waals surface area (Å²) in [5.74, 6) is 1.32. The molecule has 0 atom stereocenters. The van der Waals surface area contributed by atoms with E-state index in [9.17, 15) is 9.59 Å². The summed E-state index contributed by atoms with van der Waals surface area (Å²) in [6, 6.07) is 6.39. The average Bonchev–Trinajstić information content (AvgIpc) is 3.16. The van der Waals surface area contributed by atoms with Crippen molar-refractivity contribution in [3.05, 3.63) is 48.1 Å². The van der Waals surface area contributed by atoms with E-state index in [1.54, 1.807) is 50.6 Å². The van der Waals surface area contributed by atoms with E-state index < -0.39 is 11.4 Å². The minimum Gasteiger partial charge on any atom is -0.455 e. The molecule has 3 amide bonds. The molecular weight excluding hydrogens is 420 g/mol. The lowest BCUT2D eigenvalue weighted by atomic mass is 9.81. The van der Waals surface area contributed by atoms with Crippen LogP contribution < -0.4 is 15.8 Å². The fraction of sp³-hybridized carbons (Fsp3) is 0.375. The zero-order chi connectivity index (χ0) is 24.0. The number of carbonyl (C=O) groups is 2. The first kappa shape index (κ1) is 23.9. The third kappa shape index (κ3) is 5.02. The molecule has 0 spiro atoms. The number of nitrogens with zero attached hydrogens (tertiary/aromatic N) is 4. The van der Waals surface area contributed by atoms with Crippen molar-refractivity contribution in [1.29, 1.82) is 0 Å². The summed E-state index contributed by atoms with van der Waals surface area (Å²) in [4.78, 5) is 39.5. The largest absolute Gasteiger partial charge is 0.455 e. The molecule has 2 aromatic heterocycles. The Hall–Kier alpha value is -3.75. The summed E-state index contributed by atoms with van der Waals surface area (Å²) in [6.45, 7) is 6.17. The van der Waals surface area contributed by atoms with Crippen molar-refractivity contribution in [3.8, 4) is 11.5 Å². The Morgan fingerprint density at radius 1 is 1.33 bits per heavy atom. The number of ether oxygens (including phenoxy) is 1. The Balaban J connectivity index is 1.71. The molecule has 1 aliphatic rings. The molecule has 0 aromatic carbocycles. The van der Waals surface area contributed by atoms with E-state index in [0.29, 0.717) is 47.2 Å². The molecule has 0 bridgehead atoms. The highest BCUT2D eigenvalue weighted by atomic mass is 16.5. The lowest BCUT2D eigenvalue weighted by Gasteiger charge is -2.24. The summed E-state index contributed by atoms with van der Waals surface area (Å²) >= 11 is 0. The van der Waals surface area contributed by atoms with Crippen LogP contribution in [-0.4, -0.2) is 46.6 Å². The number of likely N-dealkylation sites (tertiary alicyclic amines) is 1. The molecule has 1 aliphatic heterocycles. The van der Waals surface area contributed by atoms with E-state index in [0.717, 1.165) is 12.8 Å². The van der Waals surface area contributed by atoms with Crippen LogP contribution in [0.25, 0.3) is 5.57 Å². The number of imide groups is 1. The highest BCUT2D eigenvalue weighted by Crippen LogP contribution is 2.38. The molecule has 1 saturated heterocycles. The second kappa shape index (κ2) is 10.2. The average molecular weight is 451 g/mol. The van der Waals surface area contributed by atoms with Gasteiger partial charge >= 0.3 is 6.03 Å². The number of allylic oxidation sites excluding steroid dienone is 1. The molecule has 0 saturated carbocycles. The van der Waals surface area contributed by atoms with Crippen molar-refractivity contribution in [3.63, 3.8) is 0 Å². The SMILES string of the molecule is CCC1(CC)CCN(C(=O)Nc2ccc(Oc3ccnc(C(C=NC)=CN)c3)c(C)n2)C1=O. The number of anilines is 1. The second-order valence-electron chi connectivity index (χ2n) is 7.89. The van der Waals surface area contributed by atoms with Crippen LogP contribution in [0.3, 0.4) is 0 Å². The van der Waals surface area contributed by atoms with E-state index in [2.05, 4.69) is 20.3 Å². The maximum atomic E-state index is 12.8. The lowest BCUT2D eigenvalue weighted by Crippen LogP contribution is -2.40. The van der Waals surface area contributed by atoms with Crippen LogP contribution >= 0.6 is 0 Å². The molecule has 33 heavy (non-hydrogen) atoms. The van der Waals surface area contributed by atoms with Crippen LogP contribution in [0.5, 0.6) is 11.5 Å². The zero-order valence-electron chi connectivity index (χ0n) is 19.5. The fourth-order valence-corrected chi connectivity index (χ4v) is 3.92. The van der Waals surface area contributed by atoms with Gasteiger partial charge in [0.05, 0.1) is 16.8 Å². The monoisotopic (exact) mass is 450 g/mol. The van der Waals surface area contributed by atoms with Crippen LogP contribution in [0.1, 0.15) is 44.5 Å². The van der Waals surface area contributed by atoms with Crippen molar-refractivity contribution in [2.45, 2.75) is 40.0 Å². The van der Waals surface area contributed by atoms with Crippen molar-refractivity contribution >= 4 is 29.5 Å². The molecule has 3 N–H and O–H groups in total. The highest BCUT2D eigenvalue weighted by molar-refractivity contribution is 6.08. The van der Waals surface area contributed by atoms with Crippen LogP contribution in [0.2, 0.25) is 0 Å². The first-order chi connectivity index (χ1) is 15.9. The van der Waals surface area contributed by atoms with Crippen molar-refractivity contribution in [2.75, 3.05) is 18.9 Å². The Morgan fingerprint density at radius 2 is 2.09 bits per heavy atom. The summed E-state index contributed by atoms with van der Waals surface area (Å²) in [6.07, 6.45) is 6.80. The topological polar surface area (TPSA) is 123 Å². The predicted molar refractivity (Wildman–Crippen MR) is 128 cm³/mol. The standard InChI is InChI=1S/C24H30N6O3/c1-5-24(6-2)10-12-30(22(24)31)23(32)29-21-8-7-20(16(3)28-21)33-18-9-11-27-19(13-18)17(14-25)15-26-4/h7-9,11,13-15H,5-6,10,12,25H2,1-4H3,(H,28,29,32). The second-order valence-corrected chi connectivity index (χ2v) is 7.89. The number of carbonyl (C=O) groups excluding carboxylic acids is 2. The molecule has 9 nitrogen and oxygen atoms in total. The molecular formula is C24H30N6O3. The van der Waals surface area contributed by atoms with Gasteiger partial charge < -0.3 is 10.5 Å². The molecule has 3 heterocycles. The van der Waals surface area contributed by atoms with E-state index >= 15 is 0 Å². The number of urea groups is 1. The van der Waals surface area contributed by atoms with Gasteiger partial charge in [0.25, 0.3) is 0 Å². The van der Waals surface area contributed by atoms with Crippen LogP contribution in [0.15, 0.2) is 41.7 Å². The summed E-state index contributed by atoms with van der Waals surface area (Å²) < 4.78 is 5.96. The molecule has 1 fully saturated rings. The smallest absolute Gasteiger partial charge is 0.329 e. The third-order valence-corrected chi connectivity index (χ3v) is 6.09. The van der Waals surface area contributed by atoms with Crippen molar-refractivity contribution in [1.82, 2.24) is 14.9 Å². The van der Waals surface area contributed by atoms with E-state index in [4.69, 9.17) is 10.5 Å². The lowest BCUT2D eigenvalue weighted by molar-refractivity contribution is -0.133. The zero-order valence-corrected chi connectivity index (χ0v) is 19.5. The number of rotatable bonds is 7. The molecule has 2 aromatic rings. The van der Waals surface area contributed by atoms with Crippen molar-refractivity contribution < 1.29 is 14.3 Å². The van der Waals surface area contributed by atoms with E-state index in [1.807, 2.05) is 13.8 Å². The Morgan fingerprint density at radius 3 is 2.70 bits per heavy atom. The van der Waals surface area contributed by atoms with Crippen molar-refractivity contribution in [2.24, 2.45) is 16.1 Å². The van der Waals surface area contributed by atoms with Gasteiger partial charge in [0, 0.05) is 43.8 Å². The molecule has 3 rings (SSSR count). The van der Waals surface area contributed by atoms with Gasteiger partial charge in [0.2, 0.25) is 5.91 Å². The maximum Gasteiger partial charge on any atom is 0.329 e. The van der Waals surface area contributed by atoms with Crippen LogP contribution in [0.4, 0.5) is 10.6 Å². The molecule has 0 radical (unpaired) electrons. The van der Waals surface area contributed by atoms with Crippen LogP contribution in [0, 0.1) is 12.3 Å². The Kier molecular flexibility index (Phi) is 7.42. The van der Waals surface area contributed by atoms with Gasteiger partial charge in [0.1, 0.15) is 17.3 Å². The quantitative estimate of drug-likeness (QED) is 0.611. The number of amides is 3. The van der Waals surface area contributed by atoms with Gasteiger partial charge in [-0.3, -0.25) is 25.0 Å². The highest BCUT2D eigenvalue weighted by Gasteiger charge is 2.46. The first-order valence-corrected chi connectivity index (χ1v) is 11.0. The fourth-order valence-electron chi connectivity index (χ4n) is 3.92. The summed E-state index contributed by atoms with van der Waals surface area (Å²) in [5.41, 5.74) is 7.09. The minimum absolute atomic E-state index is 0.116. The molecule has 174 valence electrons. The van der Waals surface area contributed by atoms with Gasteiger partial charge in [-0.25, -0.2) is 9.78 Å². The predicted octanol–water partition coefficient (Wildman–Crippen LogP) is 4.15. The number of aliphatic imine (C=N–C) groups is 1. The maximum absolute atomic E-state index is 12.8. The number of aromatic nitrogens is 2. The van der Waals surface area contributed by atoms with E-state index in [1.165, 1.54) is 11.1 Å². The van der Waals surface area contributed by atoms with Gasteiger partial charge in [-0.05, 0) is 44.4 Å². The number of aryl methyl sites for hydroxylation is 1. The first-order valence-electron chi connectivity index (χ1n) is 11.0. The number of nitrogens with two attached hydrogens (primary N) is 1. The molecule has 9 heteroatoms.